The zero-order valence-corrected chi connectivity index (χ0v) is 48.0. The number of ether oxygens (including phenoxy) is 1. The molecule has 0 aromatic heterocycles. The second-order valence-corrected chi connectivity index (χ2v) is 21.5. The molecule has 75 heavy (non-hydrogen) atoms. The van der Waals surface area contributed by atoms with Crippen molar-refractivity contribution in [2.45, 2.75) is 195 Å². The summed E-state index contributed by atoms with van der Waals surface area (Å²) < 4.78 is 4.79. The number of aliphatic carboxylic acids is 1. The first-order valence-electron chi connectivity index (χ1n) is 28.1. The molecule has 0 aliphatic rings. The average Bonchev–Trinajstić information content (AvgIpc) is 3.42. The second-order valence-electron chi connectivity index (χ2n) is 21.5. The van der Waals surface area contributed by atoms with E-state index in [2.05, 4.69) is 168 Å². The van der Waals surface area contributed by atoms with Gasteiger partial charge in [0.15, 0.2) is 0 Å². The minimum Gasteiger partial charge on any atom is -0.481 e. The summed E-state index contributed by atoms with van der Waals surface area (Å²) in [5, 5.41) is 30.6. The Balaban J connectivity index is 0.000000277. The SMILES string of the molecule is CCC(O)(CC)CCc1ccc(C(CC)(CC)c2ccc(-c3ccc(CC(=O)O)cc3)c(C)c2)cc1C.CCC(O)(CC)CCc1ccc(C(CC)(CC)c2ccc(-c3ccc(CC(=O)OC)cc3)c(C)c2)cc1C. The molecule has 6 aromatic carbocycles. The van der Waals surface area contributed by atoms with Gasteiger partial charge in [-0.2, -0.15) is 0 Å². The predicted molar refractivity (Wildman–Crippen MR) is 313 cm³/mol. The van der Waals surface area contributed by atoms with E-state index in [0.717, 1.165) is 99.3 Å². The van der Waals surface area contributed by atoms with Gasteiger partial charge in [-0.15, -0.1) is 0 Å². The van der Waals surface area contributed by atoms with Crippen molar-refractivity contribution in [3.63, 3.8) is 0 Å². The third kappa shape index (κ3) is 14.4. The zero-order chi connectivity index (χ0) is 55.1. The number of esters is 1. The van der Waals surface area contributed by atoms with Crippen molar-refractivity contribution in [3.05, 3.63) is 188 Å². The van der Waals surface area contributed by atoms with Crippen LogP contribution < -0.4 is 0 Å². The highest BCUT2D eigenvalue weighted by atomic mass is 16.5. The van der Waals surface area contributed by atoms with Crippen molar-refractivity contribution in [2.75, 3.05) is 7.11 Å². The van der Waals surface area contributed by atoms with Crippen LogP contribution >= 0.6 is 0 Å². The fourth-order valence-electron chi connectivity index (χ4n) is 11.5. The molecular weight excluding hydrogens is 925 g/mol. The number of hydrogen-bond donors (Lipinski definition) is 3. The number of aliphatic hydroxyl groups is 2. The summed E-state index contributed by atoms with van der Waals surface area (Å²) in [5.41, 5.74) is 18.3. The Morgan fingerprint density at radius 3 is 1.03 bits per heavy atom. The molecule has 6 rings (SSSR count). The van der Waals surface area contributed by atoms with Gasteiger partial charge in [0, 0.05) is 10.8 Å². The number of methoxy groups -OCH3 is 1. The molecular formula is C69H90O6. The van der Waals surface area contributed by atoms with Crippen molar-refractivity contribution in [3.8, 4) is 22.3 Å². The van der Waals surface area contributed by atoms with Crippen LogP contribution in [0.1, 0.15) is 186 Å². The van der Waals surface area contributed by atoms with Gasteiger partial charge in [0.05, 0.1) is 31.2 Å². The van der Waals surface area contributed by atoms with E-state index >= 15 is 0 Å². The first kappa shape index (κ1) is 60.0. The highest BCUT2D eigenvalue weighted by Gasteiger charge is 2.33. The topological polar surface area (TPSA) is 104 Å². The molecule has 0 aliphatic heterocycles. The van der Waals surface area contributed by atoms with Gasteiger partial charge in [-0.1, -0.05) is 177 Å². The van der Waals surface area contributed by atoms with Gasteiger partial charge in [0.25, 0.3) is 0 Å². The van der Waals surface area contributed by atoms with Gasteiger partial charge in [-0.05, 0) is 194 Å². The Bertz CT molecular complexity index is 2800. The minimum atomic E-state index is -0.810. The third-order valence-electron chi connectivity index (χ3n) is 17.6. The predicted octanol–water partition coefficient (Wildman–Crippen LogP) is 16.5. The molecule has 6 heteroatoms. The zero-order valence-electron chi connectivity index (χ0n) is 48.0. The molecule has 0 fully saturated rings. The molecule has 402 valence electrons. The summed E-state index contributed by atoms with van der Waals surface area (Å²) in [6.07, 6.45) is 11.0. The van der Waals surface area contributed by atoms with Crippen LogP contribution in [0.2, 0.25) is 0 Å². The maximum Gasteiger partial charge on any atom is 0.309 e. The number of carboxylic acids is 1. The van der Waals surface area contributed by atoms with Crippen LogP contribution in [0.3, 0.4) is 0 Å². The highest BCUT2D eigenvalue weighted by Crippen LogP contribution is 2.43. The first-order valence-corrected chi connectivity index (χ1v) is 28.1. The summed E-state index contributed by atoms with van der Waals surface area (Å²) in [5.74, 6) is -1.03. The summed E-state index contributed by atoms with van der Waals surface area (Å²) in [6.45, 7) is 26.2. The Hall–Kier alpha value is -5.82. The number of aryl methyl sites for hydroxylation is 6. The maximum absolute atomic E-state index is 11.6. The smallest absolute Gasteiger partial charge is 0.309 e. The monoisotopic (exact) mass is 1010 g/mol. The fourth-order valence-corrected chi connectivity index (χ4v) is 11.5. The summed E-state index contributed by atoms with van der Waals surface area (Å²) in [7, 11) is 1.42. The lowest BCUT2D eigenvalue weighted by molar-refractivity contribution is -0.140. The van der Waals surface area contributed by atoms with E-state index in [1.807, 2.05) is 36.4 Å². The quantitative estimate of drug-likeness (QED) is 0.0522. The average molecular weight is 1020 g/mol. The van der Waals surface area contributed by atoms with E-state index in [1.165, 1.54) is 73.9 Å². The van der Waals surface area contributed by atoms with E-state index in [0.29, 0.717) is 6.42 Å². The molecule has 0 atom stereocenters. The normalized spacial score (nSPS) is 12.0. The standard InChI is InChI=1S/C35H46O3.C34H44O3/c1-8-34(37,9-2)21-20-28-16-17-30(22-25(28)5)35(10-3,11-4)31-18-19-32(26(6)23-31)29-14-12-27(13-15-29)24-33(36)38-7;1-7-33(37,8-2)20-19-27-15-16-29(21-24(27)5)34(9-3,10-4)30-17-18-31(25(6)22-30)28-13-11-26(12-14-28)23-32(35)36/h12-19,22-23,37H,8-11,20-21,24H2,1-7H3;11-18,21-22,37H,7-10,19-20,23H2,1-6H3,(H,35,36). The van der Waals surface area contributed by atoms with Gasteiger partial charge in [0.1, 0.15) is 0 Å². The lowest BCUT2D eigenvalue weighted by atomic mass is 9.69. The van der Waals surface area contributed by atoms with Gasteiger partial charge in [-0.25, -0.2) is 0 Å². The molecule has 0 radical (unpaired) electrons. The largest absolute Gasteiger partial charge is 0.481 e. The van der Waals surface area contributed by atoms with Crippen molar-refractivity contribution < 1.29 is 29.6 Å². The van der Waals surface area contributed by atoms with Crippen LogP contribution in [-0.4, -0.2) is 45.6 Å². The molecule has 3 N–H and O–H groups in total. The summed E-state index contributed by atoms with van der Waals surface area (Å²) >= 11 is 0. The van der Waals surface area contributed by atoms with Gasteiger partial charge >= 0.3 is 11.9 Å². The molecule has 0 aliphatic carbocycles. The molecule has 0 bridgehead atoms. The van der Waals surface area contributed by atoms with Gasteiger partial charge in [-0.3, -0.25) is 9.59 Å². The molecule has 6 nitrogen and oxygen atoms in total. The van der Waals surface area contributed by atoms with Crippen LogP contribution in [0.4, 0.5) is 0 Å². The number of carbonyl (C=O) groups is 2. The van der Waals surface area contributed by atoms with Gasteiger partial charge in [0.2, 0.25) is 0 Å². The molecule has 0 unspecified atom stereocenters. The molecule has 6 aromatic rings. The number of hydrogen-bond acceptors (Lipinski definition) is 5. The fraction of sp³-hybridized carbons (Fsp3) is 0.449. The van der Waals surface area contributed by atoms with Crippen LogP contribution in [0.5, 0.6) is 0 Å². The van der Waals surface area contributed by atoms with Crippen LogP contribution in [0.15, 0.2) is 121 Å². The number of carbonyl (C=O) groups excluding carboxylic acids is 1. The van der Waals surface area contributed by atoms with Crippen LogP contribution in [-0.2, 0) is 50.8 Å². The lowest BCUT2D eigenvalue weighted by Gasteiger charge is -2.34. The van der Waals surface area contributed by atoms with Crippen molar-refractivity contribution in [2.24, 2.45) is 0 Å². The van der Waals surface area contributed by atoms with E-state index in [9.17, 15) is 19.8 Å². The van der Waals surface area contributed by atoms with E-state index in [-0.39, 0.29) is 23.2 Å². The Kier molecular flexibility index (Phi) is 21.4. The third-order valence-corrected chi connectivity index (χ3v) is 17.6. The molecule has 0 heterocycles. The lowest BCUT2D eigenvalue weighted by Crippen LogP contribution is -2.28. The van der Waals surface area contributed by atoms with Crippen LogP contribution in [0.25, 0.3) is 22.3 Å². The number of carboxylic acid groups (broad SMARTS) is 1. The minimum absolute atomic E-state index is 0.0456. The maximum atomic E-state index is 11.6. The summed E-state index contributed by atoms with van der Waals surface area (Å²) in [4.78, 5) is 22.6. The first-order chi connectivity index (χ1) is 35.8. The number of rotatable bonds is 24. The van der Waals surface area contributed by atoms with Gasteiger partial charge < -0.3 is 20.1 Å². The second kappa shape index (κ2) is 26.8. The van der Waals surface area contributed by atoms with Crippen molar-refractivity contribution in [1.29, 1.82) is 0 Å². The van der Waals surface area contributed by atoms with Crippen molar-refractivity contribution in [1.82, 2.24) is 0 Å². The Morgan fingerprint density at radius 1 is 0.427 bits per heavy atom. The molecule has 0 amide bonds. The summed E-state index contributed by atoms with van der Waals surface area (Å²) in [6, 6.07) is 43.7. The van der Waals surface area contributed by atoms with E-state index in [1.54, 1.807) is 0 Å². The van der Waals surface area contributed by atoms with E-state index in [4.69, 9.17) is 9.84 Å². The van der Waals surface area contributed by atoms with Crippen LogP contribution in [0, 0.1) is 27.7 Å². The van der Waals surface area contributed by atoms with E-state index < -0.39 is 17.2 Å². The van der Waals surface area contributed by atoms with Crippen molar-refractivity contribution >= 4 is 11.9 Å². The number of benzene rings is 6. The molecule has 0 saturated heterocycles. The molecule has 0 saturated carbocycles. The highest BCUT2D eigenvalue weighted by molar-refractivity contribution is 5.74. The Morgan fingerprint density at radius 2 is 0.747 bits per heavy atom. The molecule has 0 spiro atoms. The Labute approximate surface area is 452 Å².